The Bertz CT molecular complexity index is 948. The Balaban J connectivity index is 1.44. The highest BCUT2D eigenvalue weighted by molar-refractivity contribution is 7.14. The summed E-state index contributed by atoms with van der Waals surface area (Å²) in [6.45, 7) is 5.06. The highest BCUT2D eigenvalue weighted by Crippen LogP contribution is 2.34. The molecule has 2 aromatic heterocycles. The maximum atomic E-state index is 12.6. The molecular formula is C20H20N2O3S2. The number of carbonyl (C=O) groups excluding carboxylic acids is 1. The van der Waals surface area contributed by atoms with Crippen molar-refractivity contribution >= 4 is 28.6 Å². The van der Waals surface area contributed by atoms with Crippen LogP contribution in [0.5, 0.6) is 11.5 Å². The van der Waals surface area contributed by atoms with Gasteiger partial charge in [-0.05, 0) is 43.0 Å². The summed E-state index contributed by atoms with van der Waals surface area (Å²) in [6, 6.07) is 7.83. The standard InChI is InChI=1S/C20H20N2O3S2/c1-20(2,14-3-4-16-17(9-14)25-7-6-24-16)22-18(23)10-15-12-27-19(21-15)13-5-8-26-11-13/h3-5,8-9,11-12H,6-7,10H2,1-2H3,(H,22,23). The Morgan fingerprint density at radius 1 is 1.19 bits per heavy atom. The minimum Gasteiger partial charge on any atom is -0.486 e. The van der Waals surface area contributed by atoms with E-state index < -0.39 is 5.54 Å². The SMILES string of the molecule is CC(C)(NC(=O)Cc1csc(-c2ccsc2)n1)c1ccc2c(c1)OCCO2. The van der Waals surface area contributed by atoms with Crippen molar-refractivity contribution in [3.05, 3.63) is 51.7 Å². The first kappa shape index (κ1) is 18.0. The second kappa shape index (κ2) is 7.32. The fourth-order valence-electron chi connectivity index (χ4n) is 2.97. The van der Waals surface area contributed by atoms with Gasteiger partial charge in [-0.2, -0.15) is 11.3 Å². The van der Waals surface area contributed by atoms with Crippen molar-refractivity contribution < 1.29 is 14.3 Å². The average Bonchev–Trinajstić information content (AvgIpc) is 3.32. The minimum absolute atomic E-state index is 0.0583. The summed E-state index contributed by atoms with van der Waals surface area (Å²) >= 11 is 3.21. The van der Waals surface area contributed by atoms with Crippen LogP contribution < -0.4 is 14.8 Å². The molecule has 1 aliphatic rings. The number of ether oxygens (including phenoxy) is 2. The third-order valence-electron chi connectivity index (χ3n) is 4.38. The van der Waals surface area contributed by atoms with Crippen molar-refractivity contribution in [2.75, 3.05) is 13.2 Å². The molecule has 1 aromatic carbocycles. The van der Waals surface area contributed by atoms with Crippen LogP contribution in [0.2, 0.25) is 0 Å². The van der Waals surface area contributed by atoms with Gasteiger partial charge in [-0.1, -0.05) is 6.07 Å². The van der Waals surface area contributed by atoms with Crippen LogP contribution >= 0.6 is 22.7 Å². The first-order valence-corrected chi connectivity index (χ1v) is 10.5. The monoisotopic (exact) mass is 400 g/mol. The zero-order valence-corrected chi connectivity index (χ0v) is 16.8. The zero-order valence-electron chi connectivity index (χ0n) is 15.2. The maximum absolute atomic E-state index is 12.6. The molecule has 4 rings (SSSR count). The summed E-state index contributed by atoms with van der Waals surface area (Å²) in [6.07, 6.45) is 0.259. The van der Waals surface area contributed by atoms with Gasteiger partial charge in [-0.3, -0.25) is 4.79 Å². The third-order valence-corrected chi connectivity index (χ3v) is 6.00. The quantitative estimate of drug-likeness (QED) is 0.696. The topological polar surface area (TPSA) is 60.5 Å². The Hall–Kier alpha value is -2.38. The molecule has 0 spiro atoms. The van der Waals surface area contributed by atoms with Crippen LogP contribution in [0.15, 0.2) is 40.4 Å². The van der Waals surface area contributed by atoms with E-state index in [1.165, 1.54) is 0 Å². The molecular weight excluding hydrogens is 380 g/mol. The third kappa shape index (κ3) is 3.99. The van der Waals surface area contributed by atoms with Crippen molar-refractivity contribution in [2.24, 2.45) is 0 Å². The number of benzene rings is 1. The van der Waals surface area contributed by atoms with Gasteiger partial charge in [0.05, 0.1) is 17.7 Å². The molecule has 3 heterocycles. The molecule has 5 nitrogen and oxygen atoms in total. The van der Waals surface area contributed by atoms with E-state index in [9.17, 15) is 4.79 Å². The fraction of sp³-hybridized carbons (Fsp3) is 0.300. The van der Waals surface area contributed by atoms with E-state index in [1.807, 2.05) is 48.9 Å². The van der Waals surface area contributed by atoms with Gasteiger partial charge in [0.2, 0.25) is 5.91 Å². The van der Waals surface area contributed by atoms with Crippen LogP contribution in [0.25, 0.3) is 10.6 Å². The van der Waals surface area contributed by atoms with Crippen LogP contribution in [0.4, 0.5) is 0 Å². The summed E-state index contributed by atoms with van der Waals surface area (Å²) in [7, 11) is 0. The van der Waals surface area contributed by atoms with Crippen molar-refractivity contribution in [3.8, 4) is 22.1 Å². The zero-order chi connectivity index (χ0) is 18.9. The van der Waals surface area contributed by atoms with Crippen LogP contribution in [-0.4, -0.2) is 24.1 Å². The van der Waals surface area contributed by atoms with Gasteiger partial charge >= 0.3 is 0 Å². The van der Waals surface area contributed by atoms with Crippen molar-refractivity contribution in [2.45, 2.75) is 25.8 Å². The van der Waals surface area contributed by atoms with Gasteiger partial charge in [0, 0.05) is 16.3 Å². The molecule has 0 radical (unpaired) electrons. The summed E-state index contributed by atoms with van der Waals surface area (Å²) < 4.78 is 11.2. The molecule has 0 unspecified atom stereocenters. The van der Waals surface area contributed by atoms with Gasteiger partial charge in [-0.15, -0.1) is 11.3 Å². The number of hydrogen-bond donors (Lipinski definition) is 1. The van der Waals surface area contributed by atoms with Crippen molar-refractivity contribution in [1.82, 2.24) is 10.3 Å². The molecule has 3 aromatic rings. The lowest BCUT2D eigenvalue weighted by molar-refractivity contribution is -0.122. The molecule has 1 N–H and O–H groups in total. The number of thiazole rings is 1. The highest BCUT2D eigenvalue weighted by atomic mass is 32.1. The van der Waals surface area contributed by atoms with Crippen molar-refractivity contribution in [3.63, 3.8) is 0 Å². The number of hydrogen-bond acceptors (Lipinski definition) is 6. The largest absolute Gasteiger partial charge is 0.486 e. The Morgan fingerprint density at radius 2 is 2.00 bits per heavy atom. The van der Waals surface area contributed by atoms with E-state index in [4.69, 9.17) is 9.47 Å². The summed E-state index contributed by atoms with van der Waals surface area (Å²) in [5.41, 5.74) is 2.33. The lowest BCUT2D eigenvalue weighted by Gasteiger charge is -2.28. The van der Waals surface area contributed by atoms with E-state index in [0.29, 0.717) is 13.2 Å². The lowest BCUT2D eigenvalue weighted by Crippen LogP contribution is -2.41. The summed E-state index contributed by atoms with van der Waals surface area (Å²) in [5, 5.41) is 10.1. The van der Waals surface area contributed by atoms with E-state index in [-0.39, 0.29) is 12.3 Å². The predicted molar refractivity (Wildman–Crippen MR) is 108 cm³/mol. The number of rotatable bonds is 5. The average molecular weight is 401 g/mol. The van der Waals surface area contributed by atoms with Crippen molar-refractivity contribution in [1.29, 1.82) is 0 Å². The molecule has 0 bridgehead atoms. The molecule has 0 fully saturated rings. The molecule has 27 heavy (non-hydrogen) atoms. The Labute approximate surface area is 166 Å². The number of amides is 1. The molecule has 0 saturated heterocycles. The molecule has 0 aliphatic carbocycles. The lowest BCUT2D eigenvalue weighted by atomic mass is 9.93. The van der Waals surface area contributed by atoms with Gasteiger partial charge in [-0.25, -0.2) is 4.98 Å². The van der Waals surface area contributed by atoms with E-state index in [1.54, 1.807) is 22.7 Å². The van der Waals surface area contributed by atoms with Gasteiger partial charge in [0.25, 0.3) is 0 Å². The van der Waals surface area contributed by atoms with Gasteiger partial charge in [0.1, 0.15) is 18.2 Å². The number of nitrogens with one attached hydrogen (secondary N) is 1. The maximum Gasteiger partial charge on any atom is 0.226 e. The summed E-state index contributed by atoms with van der Waals surface area (Å²) in [4.78, 5) is 17.2. The van der Waals surface area contributed by atoms with Gasteiger partial charge < -0.3 is 14.8 Å². The van der Waals surface area contributed by atoms with Gasteiger partial charge in [0.15, 0.2) is 11.5 Å². The Kier molecular flexibility index (Phi) is 4.88. The van der Waals surface area contributed by atoms with Crippen LogP contribution in [-0.2, 0) is 16.8 Å². The summed E-state index contributed by atoms with van der Waals surface area (Å²) in [5.74, 6) is 1.41. The molecule has 1 amide bonds. The number of nitrogens with zero attached hydrogens (tertiary/aromatic N) is 1. The minimum atomic E-state index is -0.529. The molecule has 7 heteroatoms. The number of fused-ring (bicyclic) bond motifs is 1. The van der Waals surface area contributed by atoms with E-state index in [0.717, 1.165) is 33.3 Å². The predicted octanol–water partition coefficient (Wildman–Crippen LogP) is 4.24. The van der Waals surface area contributed by atoms with E-state index in [2.05, 4.69) is 15.7 Å². The fourth-order valence-corrected chi connectivity index (χ4v) is 4.50. The number of thiophene rings is 1. The second-order valence-electron chi connectivity index (χ2n) is 6.86. The second-order valence-corrected chi connectivity index (χ2v) is 8.50. The molecule has 1 aliphatic heterocycles. The molecule has 140 valence electrons. The van der Waals surface area contributed by atoms with Crippen LogP contribution in [0, 0.1) is 0 Å². The highest BCUT2D eigenvalue weighted by Gasteiger charge is 2.25. The van der Waals surface area contributed by atoms with Crippen LogP contribution in [0.3, 0.4) is 0 Å². The molecule has 0 atom stereocenters. The van der Waals surface area contributed by atoms with Crippen LogP contribution in [0.1, 0.15) is 25.1 Å². The first-order chi connectivity index (χ1) is 13.0. The number of aromatic nitrogens is 1. The smallest absolute Gasteiger partial charge is 0.226 e. The molecule has 0 saturated carbocycles. The normalized spacial score (nSPS) is 13.4. The van der Waals surface area contributed by atoms with E-state index >= 15 is 0 Å². The first-order valence-electron chi connectivity index (χ1n) is 8.69. The number of carbonyl (C=O) groups is 1. The Morgan fingerprint density at radius 3 is 2.78 bits per heavy atom.